The van der Waals surface area contributed by atoms with Crippen LogP contribution in [0.1, 0.15) is 10.4 Å². The monoisotopic (exact) mass is 379 g/mol. The SMILES string of the molecule is NCC(=O)[O-].NCC(=O)[O-].O=Cc1cc([N+](=O)[O-])ccc1O.[Zn+2]. The summed E-state index contributed by atoms with van der Waals surface area (Å²) >= 11 is 0. The summed E-state index contributed by atoms with van der Waals surface area (Å²) in [5.41, 5.74) is 8.73. The average Bonchev–Trinajstić information content (AvgIpc) is 2.48. The summed E-state index contributed by atoms with van der Waals surface area (Å²) in [5.74, 6) is -2.69. The van der Waals surface area contributed by atoms with Crippen LogP contribution >= 0.6 is 0 Å². The molecule has 0 aliphatic rings. The van der Waals surface area contributed by atoms with Gasteiger partial charge in [-0.2, -0.15) is 0 Å². The number of hydrogen-bond acceptors (Lipinski definition) is 10. The number of carboxylic acid groups (broad SMARTS) is 2. The normalized spacial score (nSPS) is 8.09. The van der Waals surface area contributed by atoms with E-state index >= 15 is 0 Å². The number of non-ortho nitro benzene ring substituents is 1. The minimum Gasteiger partial charge on any atom is -0.549 e. The molecule has 0 heterocycles. The number of nitrogens with zero attached hydrogens (tertiary/aromatic N) is 1. The second-order valence-corrected chi connectivity index (χ2v) is 3.27. The molecule has 0 bridgehead atoms. The summed E-state index contributed by atoms with van der Waals surface area (Å²) in [7, 11) is 0. The Labute approximate surface area is 142 Å². The van der Waals surface area contributed by atoms with Gasteiger partial charge in [-0.25, -0.2) is 0 Å². The Morgan fingerprint density at radius 2 is 1.57 bits per heavy atom. The van der Waals surface area contributed by atoms with Crippen molar-refractivity contribution in [1.82, 2.24) is 0 Å². The molecule has 0 fully saturated rings. The third kappa shape index (κ3) is 14.3. The Morgan fingerprint density at radius 3 is 1.83 bits per heavy atom. The molecule has 0 aliphatic carbocycles. The number of aromatic hydroxyl groups is 1. The first kappa shape index (κ1) is 25.5. The standard InChI is InChI=1S/C7H5NO4.2C2H5NO2.Zn/c9-4-5-3-6(8(11)12)1-2-7(5)10;2*3-1-2(4)5;/h1-4,10H;2*1,3H2,(H,4,5);/q;;;+2/p-2. The zero-order valence-electron chi connectivity index (χ0n) is 11.8. The number of carboxylic acids is 2. The van der Waals surface area contributed by atoms with Crippen LogP contribution in [0.3, 0.4) is 0 Å². The fourth-order valence-corrected chi connectivity index (χ4v) is 0.750. The van der Waals surface area contributed by atoms with Gasteiger partial charge < -0.3 is 36.4 Å². The molecule has 0 saturated carbocycles. The van der Waals surface area contributed by atoms with E-state index in [4.69, 9.17) is 24.9 Å². The first-order chi connectivity index (χ1) is 10.2. The van der Waals surface area contributed by atoms with E-state index in [1.165, 1.54) is 0 Å². The van der Waals surface area contributed by atoms with Gasteiger partial charge in [0.1, 0.15) is 5.75 Å². The van der Waals surface area contributed by atoms with E-state index in [2.05, 4.69) is 11.5 Å². The molecule has 122 valence electrons. The van der Waals surface area contributed by atoms with Gasteiger partial charge in [-0.3, -0.25) is 14.9 Å². The molecule has 1 aromatic carbocycles. The summed E-state index contributed by atoms with van der Waals surface area (Å²) < 4.78 is 0. The Bertz CT molecular complexity index is 524. The van der Waals surface area contributed by atoms with Crippen molar-refractivity contribution in [3.05, 3.63) is 33.9 Å². The summed E-state index contributed by atoms with van der Waals surface area (Å²) in [4.78, 5) is 38.0. The number of carbonyl (C=O) groups excluding carboxylic acids is 3. The molecule has 0 amide bonds. The fourth-order valence-electron chi connectivity index (χ4n) is 0.750. The molecule has 23 heavy (non-hydrogen) atoms. The molecule has 0 spiro atoms. The Morgan fingerprint density at radius 1 is 1.17 bits per heavy atom. The number of phenols is 1. The van der Waals surface area contributed by atoms with E-state index in [1.54, 1.807) is 0 Å². The Kier molecular flexibility index (Phi) is 16.1. The molecule has 0 unspecified atom stereocenters. The quantitative estimate of drug-likeness (QED) is 0.203. The number of nitro benzene ring substituents is 1. The van der Waals surface area contributed by atoms with Crippen molar-refractivity contribution < 1.29 is 54.1 Å². The topological polar surface area (TPSA) is 213 Å². The van der Waals surface area contributed by atoms with Crippen LogP contribution in [0.4, 0.5) is 5.69 Å². The predicted octanol–water partition coefficient (Wildman–Crippen LogP) is -3.50. The van der Waals surface area contributed by atoms with Crippen molar-refractivity contribution in [3.63, 3.8) is 0 Å². The molecule has 12 heteroatoms. The second kappa shape index (κ2) is 14.5. The number of carbonyl (C=O) groups is 3. The van der Waals surface area contributed by atoms with Crippen LogP contribution in [0.25, 0.3) is 0 Å². The summed E-state index contributed by atoms with van der Waals surface area (Å²) in [5, 5.41) is 37.4. The van der Waals surface area contributed by atoms with Crippen LogP contribution in [0.2, 0.25) is 0 Å². The Balaban J connectivity index is -0.000000307. The van der Waals surface area contributed by atoms with Crippen LogP contribution in [-0.4, -0.2) is 41.3 Å². The minimum absolute atomic E-state index is 0. The van der Waals surface area contributed by atoms with Gasteiger partial charge in [0.15, 0.2) is 6.29 Å². The maximum atomic E-state index is 10.2. The number of hydrogen-bond donors (Lipinski definition) is 3. The van der Waals surface area contributed by atoms with Crippen LogP contribution in [0.15, 0.2) is 18.2 Å². The molecule has 1 rings (SSSR count). The molecule has 5 N–H and O–H groups in total. The van der Waals surface area contributed by atoms with Gasteiger partial charge in [0.25, 0.3) is 5.69 Å². The molecule has 11 nitrogen and oxygen atoms in total. The largest absolute Gasteiger partial charge is 2.00 e. The van der Waals surface area contributed by atoms with Gasteiger partial charge in [-0.15, -0.1) is 0 Å². The van der Waals surface area contributed by atoms with E-state index in [1.807, 2.05) is 0 Å². The maximum Gasteiger partial charge on any atom is 2.00 e. The van der Waals surface area contributed by atoms with Crippen LogP contribution in [0, 0.1) is 10.1 Å². The van der Waals surface area contributed by atoms with Gasteiger partial charge in [0.05, 0.1) is 22.4 Å². The van der Waals surface area contributed by atoms with Crippen LogP contribution in [-0.2, 0) is 29.1 Å². The molecule has 0 radical (unpaired) electrons. The van der Waals surface area contributed by atoms with Crippen molar-refractivity contribution in [1.29, 1.82) is 0 Å². The van der Waals surface area contributed by atoms with Gasteiger partial charge in [-0.1, -0.05) is 0 Å². The summed E-state index contributed by atoms with van der Waals surface area (Å²) in [6, 6.07) is 3.26. The number of benzene rings is 1. The zero-order chi connectivity index (χ0) is 17.7. The van der Waals surface area contributed by atoms with E-state index in [0.29, 0.717) is 6.29 Å². The number of nitrogens with two attached hydrogens (primary N) is 2. The number of phenolic OH excluding ortho intramolecular Hbond substituents is 1. The van der Waals surface area contributed by atoms with Crippen LogP contribution < -0.4 is 21.7 Å². The van der Waals surface area contributed by atoms with Crippen molar-refractivity contribution in [2.45, 2.75) is 0 Å². The molecular weight excluding hydrogens is 368 g/mol. The second-order valence-electron chi connectivity index (χ2n) is 3.27. The first-order valence-corrected chi connectivity index (χ1v) is 5.41. The number of aliphatic carboxylic acids is 2. The maximum absolute atomic E-state index is 10.2. The van der Waals surface area contributed by atoms with Crippen molar-refractivity contribution in [3.8, 4) is 5.75 Å². The molecular formula is C11H13N3O8Zn. The average molecular weight is 381 g/mol. The van der Waals surface area contributed by atoms with Crippen molar-refractivity contribution in [2.24, 2.45) is 11.5 Å². The van der Waals surface area contributed by atoms with Crippen LogP contribution in [0.5, 0.6) is 5.75 Å². The summed E-state index contributed by atoms with van der Waals surface area (Å²) in [6.07, 6.45) is 0.363. The predicted molar refractivity (Wildman–Crippen MR) is 68.3 cm³/mol. The van der Waals surface area contributed by atoms with E-state index in [0.717, 1.165) is 18.2 Å². The molecule has 0 saturated heterocycles. The van der Waals surface area contributed by atoms with E-state index < -0.39 is 16.9 Å². The molecule has 0 aliphatic heterocycles. The Hall–Kier alpha value is -2.43. The van der Waals surface area contributed by atoms with Gasteiger partial charge in [0, 0.05) is 25.2 Å². The fraction of sp³-hybridized carbons (Fsp3) is 0.182. The number of nitro groups is 1. The molecule has 1 aromatic rings. The van der Waals surface area contributed by atoms with Gasteiger partial charge >= 0.3 is 19.5 Å². The van der Waals surface area contributed by atoms with Crippen molar-refractivity contribution >= 4 is 23.9 Å². The van der Waals surface area contributed by atoms with Crippen molar-refractivity contribution in [2.75, 3.05) is 13.1 Å². The first-order valence-electron chi connectivity index (χ1n) is 5.41. The van der Waals surface area contributed by atoms with Gasteiger partial charge in [-0.05, 0) is 6.07 Å². The van der Waals surface area contributed by atoms with Gasteiger partial charge in [0.2, 0.25) is 0 Å². The molecule has 0 aromatic heterocycles. The zero-order valence-corrected chi connectivity index (χ0v) is 14.8. The van der Waals surface area contributed by atoms with E-state index in [-0.39, 0.29) is 49.6 Å². The minimum atomic E-state index is -1.22. The number of aldehydes is 1. The smallest absolute Gasteiger partial charge is 0.549 e. The third-order valence-electron chi connectivity index (χ3n) is 1.68. The number of rotatable bonds is 4. The summed E-state index contributed by atoms with van der Waals surface area (Å²) in [6.45, 7) is -0.778. The molecule has 0 atom stereocenters. The van der Waals surface area contributed by atoms with E-state index in [9.17, 15) is 14.9 Å². The third-order valence-corrected chi connectivity index (χ3v) is 1.68.